The molecule has 2 aromatic carbocycles. The predicted molar refractivity (Wildman–Crippen MR) is 71.9 cm³/mol. The van der Waals surface area contributed by atoms with Crippen LogP contribution in [0.25, 0.3) is 22.6 Å². The van der Waals surface area contributed by atoms with E-state index >= 15 is 0 Å². The topological polar surface area (TPSA) is 26.0 Å². The first-order chi connectivity index (χ1) is 8.24. The Balaban J connectivity index is 2.22. The quantitative estimate of drug-likeness (QED) is 0.655. The van der Waals surface area contributed by atoms with Crippen molar-refractivity contribution in [3.8, 4) is 11.5 Å². The second-order valence-corrected chi connectivity index (χ2v) is 4.87. The maximum atomic E-state index is 5.81. The third-order valence-electron chi connectivity index (χ3n) is 2.68. The van der Waals surface area contributed by atoms with Crippen LogP contribution in [0.5, 0.6) is 0 Å². The van der Waals surface area contributed by atoms with Crippen molar-refractivity contribution in [2.75, 3.05) is 0 Å². The van der Waals surface area contributed by atoms with Crippen molar-refractivity contribution in [1.82, 2.24) is 4.98 Å². The van der Waals surface area contributed by atoms with E-state index in [-0.39, 0.29) is 0 Å². The molecule has 0 fully saturated rings. The fourth-order valence-electron chi connectivity index (χ4n) is 1.83. The van der Waals surface area contributed by atoms with E-state index in [4.69, 9.17) is 4.42 Å². The van der Waals surface area contributed by atoms with Gasteiger partial charge >= 0.3 is 0 Å². The molecule has 0 aliphatic carbocycles. The lowest BCUT2D eigenvalue weighted by molar-refractivity contribution is 0.617. The molecule has 0 bridgehead atoms. The molecule has 1 heterocycles. The number of para-hydroxylation sites is 1. The number of aromatic nitrogens is 1. The number of hydrogen-bond donors (Lipinski definition) is 0. The third kappa shape index (κ3) is 1.87. The second kappa shape index (κ2) is 4.00. The van der Waals surface area contributed by atoms with Gasteiger partial charge in [0, 0.05) is 10.0 Å². The Morgan fingerprint density at radius 1 is 1.12 bits per heavy atom. The molecule has 0 amide bonds. The summed E-state index contributed by atoms with van der Waals surface area (Å²) in [5, 5.41) is 0. The highest BCUT2D eigenvalue weighted by molar-refractivity contribution is 9.10. The van der Waals surface area contributed by atoms with Crippen LogP contribution in [-0.2, 0) is 0 Å². The minimum Gasteiger partial charge on any atom is -0.436 e. The zero-order valence-electron chi connectivity index (χ0n) is 9.27. The summed E-state index contributed by atoms with van der Waals surface area (Å²) in [4.78, 5) is 4.50. The van der Waals surface area contributed by atoms with Gasteiger partial charge in [0.05, 0.1) is 0 Å². The van der Waals surface area contributed by atoms with Gasteiger partial charge in [-0.3, -0.25) is 0 Å². The van der Waals surface area contributed by atoms with Gasteiger partial charge in [0.2, 0.25) is 5.89 Å². The molecule has 0 spiro atoms. The molecule has 0 aliphatic heterocycles. The van der Waals surface area contributed by atoms with E-state index in [9.17, 15) is 0 Å². The van der Waals surface area contributed by atoms with Crippen molar-refractivity contribution in [3.63, 3.8) is 0 Å². The van der Waals surface area contributed by atoms with Gasteiger partial charge in [-0.1, -0.05) is 34.1 Å². The van der Waals surface area contributed by atoms with Crippen LogP contribution in [0.15, 0.2) is 51.4 Å². The van der Waals surface area contributed by atoms with Crippen LogP contribution in [0.3, 0.4) is 0 Å². The number of hydrogen-bond acceptors (Lipinski definition) is 2. The number of nitrogens with zero attached hydrogens (tertiary/aromatic N) is 1. The van der Waals surface area contributed by atoms with E-state index in [1.165, 1.54) is 0 Å². The molecule has 0 atom stereocenters. The molecule has 3 aromatic rings. The highest BCUT2D eigenvalue weighted by atomic mass is 79.9. The summed E-state index contributed by atoms with van der Waals surface area (Å²) in [5.41, 5.74) is 3.86. The van der Waals surface area contributed by atoms with Crippen LogP contribution < -0.4 is 0 Å². The average molecular weight is 288 g/mol. The molecule has 1 aromatic heterocycles. The number of oxazole rings is 1. The van der Waals surface area contributed by atoms with Crippen molar-refractivity contribution in [1.29, 1.82) is 0 Å². The molecule has 2 nitrogen and oxygen atoms in total. The second-order valence-electron chi connectivity index (χ2n) is 3.95. The summed E-state index contributed by atoms with van der Waals surface area (Å²) in [6.45, 7) is 2.03. The lowest BCUT2D eigenvalue weighted by Gasteiger charge is -1.95. The standard InChI is InChI=1S/C14H10BrNO/c1-9-4-2-7-12-13(9)17-14(16-12)10-5-3-6-11(15)8-10/h2-8H,1H3. The summed E-state index contributed by atoms with van der Waals surface area (Å²) in [6.07, 6.45) is 0. The Morgan fingerprint density at radius 2 is 1.94 bits per heavy atom. The molecule has 0 unspecified atom stereocenters. The molecule has 0 saturated heterocycles. The Labute approximate surface area is 107 Å². The van der Waals surface area contributed by atoms with Crippen LogP contribution in [0.4, 0.5) is 0 Å². The summed E-state index contributed by atoms with van der Waals surface area (Å²) in [7, 11) is 0. The molecule has 0 aliphatic rings. The minimum atomic E-state index is 0.663. The molecular formula is C14H10BrNO. The van der Waals surface area contributed by atoms with Gasteiger partial charge in [-0.15, -0.1) is 0 Å². The molecular weight excluding hydrogens is 278 g/mol. The van der Waals surface area contributed by atoms with Crippen LogP contribution in [0.2, 0.25) is 0 Å². The van der Waals surface area contributed by atoms with Crippen LogP contribution in [0.1, 0.15) is 5.56 Å². The van der Waals surface area contributed by atoms with E-state index in [2.05, 4.69) is 20.9 Å². The first-order valence-electron chi connectivity index (χ1n) is 5.36. The molecule has 3 heteroatoms. The first kappa shape index (κ1) is 10.5. The summed E-state index contributed by atoms with van der Waals surface area (Å²) < 4.78 is 6.83. The number of rotatable bonds is 1. The molecule has 0 N–H and O–H groups in total. The van der Waals surface area contributed by atoms with Crippen molar-refractivity contribution >= 4 is 27.0 Å². The maximum Gasteiger partial charge on any atom is 0.227 e. The number of halogens is 1. The Morgan fingerprint density at radius 3 is 2.71 bits per heavy atom. The lowest BCUT2D eigenvalue weighted by atomic mass is 10.2. The molecule has 17 heavy (non-hydrogen) atoms. The van der Waals surface area contributed by atoms with Gasteiger partial charge in [-0.2, -0.15) is 0 Å². The van der Waals surface area contributed by atoms with Crippen LogP contribution in [0, 0.1) is 6.92 Å². The van der Waals surface area contributed by atoms with Crippen molar-refractivity contribution < 1.29 is 4.42 Å². The molecule has 3 rings (SSSR count). The van der Waals surface area contributed by atoms with Gasteiger partial charge < -0.3 is 4.42 Å². The zero-order valence-corrected chi connectivity index (χ0v) is 10.9. The average Bonchev–Trinajstić information content (AvgIpc) is 2.74. The number of benzene rings is 2. The highest BCUT2D eigenvalue weighted by Crippen LogP contribution is 2.27. The van der Waals surface area contributed by atoms with E-state index in [1.807, 2.05) is 49.4 Å². The van der Waals surface area contributed by atoms with Gasteiger partial charge in [-0.25, -0.2) is 4.98 Å². The normalized spacial score (nSPS) is 10.9. The van der Waals surface area contributed by atoms with E-state index in [0.717, 1.165) is 26.7 Å². The van der Waals surface area contributed by atoms with Crippen LogP contribution >= 0.6 is 15.9 Å². The maximum absolute atomic E-state index is 5.81. The third-order valence-corrected chi connectivity index (χ3v) is 3.18. The molecule has 0 saturated carbocycles. The van der Waals surface area contributed by atoms with Gasteiger partial charge in [0.25, 0.3) is 0 Å². The summed E-state index contributed by atoms with van der Waals surface area (Å²) in [5.74, 6) is 0.663. The number of fused-ring (bicyclic) bond motifs is 1. The first-order valence-corrected chi connectivity index (χ1v) is 6.15. The molecule has 0 radical (unpaired) electrons. The SMILES string of the molecule is Cc1cccc2nc(-c3cccc(Br)c3)oc12. The Kier molecular flexibility index (Phi) is 2.48. The lowest BCUT2D eigenvalue weighted by Crippen LogP contribution is -1.76. The van der Waals surface area contributed by atoms with E-state index in [0.29, 0.717) is 5.89 Å². The van der Waals surface area contributed by atoms with Gasteiger partial charge in [0.15, 0.2) is 5.58 Å². The summed E-state index contributed by atoms with van der Waals surface area (Å²) in [6, 6.07) is 13.9. The van der Waals surface area contributed by atoms with E-state index in [1.54, 1.807) is 0 Å². The fourth-order valence-corrected chi connectivity index (χ4v) is 2.23. The molecule has 84 valence electrons. The van der Waals surface area contributed by atoms with Crippen molar-refractivity contribution in [2.24, 2.45) is 0 Å². The predicted octanol–water partition coefficient (Wildman–Crippen LogP) is 4.57. The Bertz CT molecular complexity index is 688. The van der Waals surface area contributed by atoms with Crippen molar-refractivity contribution in [2.45, 2.75) is 6.92 Å². The monoisotopic (exact) mass is 287 g/mol. The Hall–Kier alpha value is -1.61. The fraction of sp³-hybridized carbons (Fsp3) is 0.0714. The zero-order chi connectivity index (χ0) is 11.8. The van der Waals surface area contributed by atoms with Gasteiger partial charge in [0.1, 0.15) is 5.52 Å². The van der Waals surface area contributed by atoms with Crippen molar-refractivity contribution in [3.05, 3.63) is 52.5 Å². The van der Waals surface area contributed by atoms with Gasteiger partial charge in [-0.05, 0) is 36.8 Å². The highest BCUT2D eigenvalue weighted by Gasteiger charge is 2.09. The smallest absolute Gasteiger partial charge is 0.227 e. The minimum absolute atomic E-state index is 0.663. The van der Waals surface area contributed by atoms with Crippen LogP contribution in [-0.4, -0.2) is 4.98 Å². The summed E-state index contributed by atoms with van der Waals surface area (Å²) >= 11 is 3.45. The largest absolute Gasteiger partial charge is 0.436 e. The van der Waals surface area contributed by atoms with E-state index < -0.39 is 0 Å². The number of aryl methyl sites for hydroxylation is 1.